The van der Waals surface area contributed by atoms with Crippen LogP contribution in [0.2, 0.25) is 0 Å². The van der Waals surface area contributed by atoms with Gasteiger partial charge in [0.1, 0.15) is 5.75 Å². The first-order chi connectivity index (χ1) is 9.61. The molecule has 2 nitrogen and oxygen atoms in total. The summed E-state index contributed by atoms with van der Waals surface area (Å²) in [5.41, 5.74) is 0.767. The van der Waals surface area contributed by atoms with E-state index >= 15 is 0 Å². The van der Waals surface area contributed by atoms with E-state index in [1.807, 2.05) is 38.1 Å². The fourth-order valence-corrected chi connectivity index (χ4v) is 3.15. The summed E-state index contributed by atoms with van der Waals surface area (Å²) in [5.74, 6) is 1.92. The molecule has 0 amide bonds. The molecule has 0 spiro atoms. The molecule has 0 aliphatic heterocycles. The van der Waals surface area contributed by atoms with Crippen molar-refractivity contribution >= 4 is 5.78 Å². The topological polar surface area (TPSA) is 26.3 Å². The van der Waals surface area contributed by atoms with Crippen molar-refractivity contribution in [3.05, 3.63) is 29.8 Å². The summed E-state index contributed by atoms with van der Waals surface area (Å²) >= 11 is 0. The molecule has 0 bridgehead atoms. The minimum Gasteiger partial charge on any atom is -0.490 e. The molecule has 1 fully saturated rings. The van der Waals surface area contributed by atoms with Crippen LogP contribution in [0.5, 0.6) is 5.75 Å². The highest BCUT2D eigenvalue weighted by Crippen LogP contribution is 2.34. The first-order valence-electron chi connectivity index (χ1n) is 7.91. The number of hydrogen-bond donors (Lipinski definition) is 0. The Labute approximate surface area is 122 Å². The highest BCUT2D eigenvalue weighted by Gasteiger charge is 2.28. The SMILES string of the molecule is CCC1CCCC(C(=O)c2ccccc2OC(C)C)C1. The lowest BCUT2D eigenvalue weighted by Crippen LogP contribution is -2.23. The molecule has 2 heteroatoms. The van der Waals surface area contributed by atoms with Gasteiger partial charge in [0.15, 0.2) is 5.78 Å². The van der Waals surface area contributed by atoms with E-state index in [2.05, 4.69) is 6.92 Å². The second kappa shape index (κ2) is 6.92. The van der Waals surface area contributed by atoms with Crippen LogP contribution in [0.3, 0.4) is 0 Å². The molecule has 1 aromatic carbocycles. The fraction of sp³-hybridized carbons (Fsp3) is 0.611. The zero-order chi connectivity index (χ0) is 14.5. The number of carbonyl (C=O) groups is 1. The van der Waals surface area contributed by atoms with Gasteiger partial charge in [0, 0.05) is 5.92 Å². The van der Waals surface area contributed by atoms with Gasteiger partial charge < -0.3 is 4.74 Å². The van der Waals surface area contributed by atoms with Crippen LogP contribution in [-0.2, 0) is 0 Å². The summed E-state index contributed by atoms with van der Waals surface area (Å²) in [6, 6.07) is 7.69. The minimum absolute atomic E-state index is 0.0960. The summed E-state index contributed by atoms with van der Waals surface area (Å²) in [5, 5.41) is 0. The van der Waals surface area contributed by atoms with Crippen molar-refractivity contribution in [2.75, 3.05) is 0 Å². The molecule has 20 heavy (non-hydrogen) atoms. The van der Waals surface area contributed by atoms with Crippen molar-refractivity contribution < 1.29 is 9.53 Å². The maximum atomic E-state index is 12.8. The highest BCUT2D eigenvalue weighted by molar-refractivity contribution is 6.00. The molecule has 2 atom stereocenters. The first-order valence-corrected chi connectivity index (χ1v) is 7.91. The van der Waals surface area contributed by atoms with E-state index in [-0.39, 0.29) is 17.8 Å². The molecule has 2 unspecified atom stereocenters. The zero-order valence-electron chi connectivity index (χ0n) is 12.9. The smallest absolute Gasteiger partial charge is 0.169 e. The molecule has 2 rings (SSSR count). The van der Waals surface area contributed by atoms with Gasteiger partial charge in [0.25, 0.3) is 0 Å². The van der Waals surface area contributed by atoms with Gasteiger partial charge in [-0.3, -0.25) is 4.79 Å². The van der Waals surface area contributed by atoms with Crippen molar-refractivity contribution in [3.8, 4) is 5.75 Å². The molecule has 0 saturated heterocycles. The van der Waals surface area contributed by atoms with E-state index in [0.717, 1.165) is 30.1 Å². The van der Waals surface area contributed by atoms with Crippen LogP contribution < -0.4 is 4.74 Å². The largest absolute Gasteiger partial charge is 0.490 e. The van der Waals surface area contributed by atoms with Crippen LogP contribution >= 0.6 is 0 Å². The summed E-state index contributed by atoms with van der Waals surface area (Å²) in [4.78, 5) is 12.8. The van der Waals surface area contributed by atoms with E-state index in [0.29, 0.717) is 0 Å². The standard InChI is InChI=1S/C18H26O2/c1-4-14-8-7-9-15(12-14)18(19)16-10-5-6-11-17(16)20-13(2)3/h5-6,10-11,13-15H,4,7-9,12H2,1-3H3. The van der Waals surface area contributed by atoms with Crippen molar-refractivity contribution in [1.82, 2.24) is 0 Å². The van der Waals surface area contributed by atoms with Gasteiger partial charge in [-0.2, -0.15) is 0 Å². The minimum atomic E-state index is 0.0960. The van der Waals surface area contributed by atoms with Gasteiger partial charge in [0.05, 0.1) is 11.7 Å². The number of carbonyl (C=O) groups excluding carboxylic acids is 1. The second-order valence-electron chi connectivity index (χ2n) is 6.16. The summed E-state index contributed by atoms with van der Waals surface area (Å²) in [6.45, 7) is 6.22. The van der Waals surface area contributed by atoms with Crippen LogP contribution in [0.25, 0.3) is 0 Å². The highest BCUT2D eigenvalue weighted by atomic mass is 16.5. The number of para-hydroxylation sites is 1. The van der Waals surface area contributed by atoms with Crippen LogP contribution in [0.1, 0.15) is 63.2 Å². The monoisotopic (exact) mass is 274 g/mol. The van der Waals surface area contributed by atoms with Gasteiger partial charge in [-0.1, -0.05) is 38.3 Å². The third-order valence-corrected chi connectivity index (χ3v) is 4.25. The maximum Gasteiger partial charge on any atom is 0.169 e. The fourth-order valence-electron chi connectivity index (χ4n) is 3.15. The number of hydrogen-bond acceptors (Lipinski definition) is 2. The van der Waals surface area contributed by atoms with Crippen molar-refractivity contribution in [3.63, 3.8) is 0 Å². The molecular formula is C18H26O2. The second-order valence-corrected chi connectivity index (χ2v) is 6.16. The Bertz CT molecular complexity index is 450. The average molecular weight is 274 g/mol. The molecule has 110 valence electrons. The zero-order valence-corrected chi connectivity index (χ0v) is 12.9. The molecule has 0 radical (unpaired) electrons. The van der Waals surface area contributed by atoms with E-state index in [1.165, 1.54) is 19.3 Å². The number of ketones is 1. The van der Waals surface area contributed by atoms with Crippen LogP contribution in [0, 0.1) is 11.8 Å². The molecular weight excluding hydrogens is 248 g/mol. The Morgan fingerprint density at radius 3 is 2.75 bits per heavy atom. The molecule has 1 aromatic rings. The Kier molecular flexibility index (Phi) is 5.22. The van der Waals surface area contributed by atoms with Gasteiger partial charge in [-0.15, -0.1) is 0 Å². The van der Waals surface area contributed by atoms with E-state index in [4.69, 9.17) is 4.74 Å². The lowest BCUT2D eigenvalue weighted by Gasteiger charge is -2.28. The number of rotatable bonds is 5. The molecule has 1 aliphatic carbocycles. The van der Waals surface area contributed by atoms with Crippen molar-refractivity contribution in [2.45, 2.75) is 59.0 Å². The Hall–Kier alpha value is -1.31. The van der Waals surface area contributed by atoms with Crippen LogP contribution in [0.15, 0.2) is 24.3 Å². The van der Waals surface area contributed by atoms with Crippen molar-refractivity contribution in [2.24, 2.45) is 11.8 Å². The maximum absolute atomic E-state index is 12.8. The third-order valence-electron chi connectivity index (χ3n) is 4.25. The molecule has 0 heterocycles. The average Bonchev–Trinajstić information content (AvgIpc) is 2.46. The Balaban J connectivity index is 2.16. The predicted molar refractivity (Wildman–Crippen MR) is 82.3 cm³/mol. The normalized spacial score (nSPS) is 22.8. The Morgan fingerprint density at radius 2 is 2.05 bits per heavy atom. The van der Waals surface area contributed by atoms with Gasteiger partial charge >= 0.3 is 0 Å². The summed E-state index contributed by atoms with van der Waals surface area (Å²) < 4.78 is 5.79. The van der Waals surface area contributed by atoms with E-state index in [1.54, 1.807) is 0 Å². The number of ether oxygens (including phenoxy) is 1. The molecule has 1 aliphatic rings. The van der Waals surface area contributed by atoms with Crippen LogP contribution in [-0.4, -0.2) is 11.9 Å². The number of Topliss-reactive ketones (excluding diaryl/α,β-unsaturated/α-hetero) is 1. The van der Waals surface area contributed by atoms with Gasteiger partial charge in [0.2, 0.25) is 0 Å². The van der Waals surface area contributed by atoms with E-state index < -0.39 is 0 Å². The quantitative estimate of drug-likeness (QED) is 0.716. The summed E-state index contributed by atoms with van der Waals surface area (Å²) in [6.07, 6.45) is 5.83. The predicted octanol–water partition coefficient (Wildman–Crippen LogP) is 4.87. The first kappa shape index (κ1) is 15.1. The van der Waals surface area contributed by atoms with Gasteiger partial charge in [-0.05, 0) is 44.7 Å². The lowest BCUT2D eigenvalue weighted by molar-refractivity contribution is 0.0856. The molecule has 1 saturated carbocycles. The van der Waals surface area contributed by atoms with Crippen molar-refractivity contribution in [1.29, 1.82) is 0 Å². The number of benzene rings is 1. The van der Waals surface area contributed by atoms with E-state index in [9.17, 15) is 4.79 Å². The molecule has 0 aromatic heterocycles. The van der Waals surface area contributed by atoms with Gasteiger partial charge in [-0.25, -0.2) is 0 Å². The Morgan fingerprint density at radius 1 is 1.30 bits per heavy atom. The summed E-state index contributed by atoms with van der Waals surface area (Å²) in [7, 11) is 0. The van der Waals surface area contributed by atoms with Crippen LogP contribution in [0.4, 0.5) is 0 Å². The lowest BCUT2D eigenvalue weighted by atomic mass is 9.77. The third kappa shape index (κ3) is 3.62. The molecule has 0 N–H and O–H groups in total.